The average Bonchev–Trinajstić information content (AvgIpc) is 2.30. The van der Waals surface area contributed by atoms with Gasteiger partial charge in [-0.25, -0.2) is 4.85 Å². The fourth-order valence-electron chi connectivity index (χ4n) is 1.80. The Hall–Kier alpha value is -1.53. The smallest absolute Gasteiger partial charge is 0.187 e. The van der Waals surface area contributed by atoms with Gasteiger partial charge in [-0.05, 0) is 19.2 Å². The highest BCUT2D eigenvalue weighted by Crippen LogP contribution is 2.20. The van der Waals surface area contributed by atoms with Crippen molar-refractivity contribution in [3.05, 3.63) is 35.7 Å². The Labute approximate surface area is 90.7 Å². The van der Waals surface area contributed by atoms with E-state index < -0.39 is 0 Å². The SMILES string of the molecule is [C-]#[N+]c1ccc(N2CCN(C)CC2)cc1. The topological polar surface area (TPSA) is 10.8 Å². The van der Waals surface area contributed by atoms with Crippen molar-refractivity contribution in [2.75, 3.05) is 38.1 Å². The predicted molar refractivity (Wildman–Crippen MR) is 62.4 cm³/mol. The van der Waals surface area contributed by atoms with Gasteiger partial charge in [0.15, 0.2) is 5.69 Å². The van der Waals surface area contributed by atoms with Crippen LogP contribution < -0.4 is 4.90 Å². The molecule has 0 radical (unpaired) electrons. The molecule has 0 saturated carbocycles. The molecule has 0 amide bonds. The molecule has 0 bridgehead atoms. The quantitative estimate of drug-likeness (QED) is 0.643. The third kappa shape index (κ3) is 2.28. The minimum atomic E-state index is 0.716. The first-order chi connectivity index (χ1) is 7.29. The van der Waals surface area contributed by atoms with Gasteiger partial charge >= 0.3 is 0 Å². The predicted octanol–water partition coefficient (Wildman–Crippen LogP) is 1.99. The van der Waals surface area contributed by atoms with E-state index in [0.717, 1.165) is 26.2 Å². The van der Waals surface area contributed by atoms with E-state index in [0.29, 0.717) is 5.69 Å². The van der Waals surface area contributed by atoms with Crippen molar-refractivity contribution in [3.8, 4) is 0 Å². The summed E-state index contributed by atoms with van der Waals surface area (Å²) in [5, 5.41) is 0. The van der Waals surface area contributed by atoms with Gasteiger partial charge in [-0.3, -0.25) is 0 Å². The normalized spacial score (nSPS) is 17.5. The number of nitrogens with zero attached hydrogens (tertiary/aromatic N) is 3. The van der Waals surface area contributed by atoms with Gasteiger partial charge < -0.3 is 9.80 Å². The molecule has 0 atom stereocenters. The Morgan fingerprint density at radius 1 is 1.07 bits per heavy atom. The summed E-state index contributed by atoms with van der Waals surface area (Å²) in [5.41, 5.74) is 1.95. The monoisotopic (exact) mass is 201 g/mol. The van der Waals surface area contributed by atoms with Crippen molar-refractivity contribution in [1.29, 1.82) is 0 Å². The van der Waals surface area contributed by atoms with Crippen molar-refractivity contribution < 1.29 is 0 Å². The van der Waals surface area contributed by atoms with Crippen molar-refractivity contribution in [2.45, 2.75) is 0 Å². The van der Waals surface area contributed by atoms with Crippen molar-refractivity contribution in [1.82, 2.24) is 4.90 Å². The Kier molecular flexibility index (Phi) is 2.89. The van der Waals surface area contributed by atoms with Gasteiger partial charge in [0.05, 0.1) is 6.57 Å². The first-order valence-corrected chi connectivity index (χ1v) is 5.20. The highest BCUT2D eigenvalue weighted by atomic mass is 15.2. The minimum Gasteiger partial charge on any atom is -0.369 e. The second kappa shape index (κ2) is 4.33. The van der Waals surface area contributed by atoms with Crippen molar-refractivity contribution in [3.63, 3.8) is 0 Å². The molecular formula is C12H15N3. The maximum absolute atomic E-state index is 6.89. The van der Waals surface area contributed by atoms with Gasteiger partial charge in [-0.1, -0.05) is 12.1 Å². The van der Waals surface area contributed by atoms with E-state index in [-0.39, 0.29) is 0 Å². The first kappa shape index (κ1) is 10.0. The summed E-state index contributed by atoms with van der Waals surface area (Å²) in [6.07, 6.45) is 0. The van der Waals surface area contributed by atoms with E-state index in [1.165, 1.54) is 5.69 Å². The van der Waals surface area contributed by atoms with Crippen LogP contribution in [0.1, 0.15) is 0 Å². The number of benzene rings is 1. The van der Waals surface area contributed by atoms with Crippen LogP contribution in [0.25, 0.3) is 4.85 Å². The number of anilines is 1. The molecule has 1 aromatic rings. The van der Waals surface area contributed by atoms with E-state index in [9.17, 15) is 0 Å². The molecule has 0 unspecified atom stereocenters. The van der Waals surface area contributed by atoms with E-state index in [1.807, 2.05) is 24.3 Å². The van der Waals surface area contributed by atoms with Gasteiger partial charge in [0.2, 0.25) is 0 Å². The lowest BCUT2D eigenvalue weighted by molar-refractivity contribution is 0.313. The second-order valence-corrected chi connectivity index (χ2v) is 3.92. The lowest BCUT2D eigenvalue weighted by Crippen LogP contribution is -2.44. The summed E-state index contributed by atoms with van der Waals surface area (Å²) >= 11 is 0. The standard InChI is InChI=1S/C12H15N3/c1-13-11-3-5-12(6-4-11)15-9-7-14(2)8-10-15/h3-6H,7-10H2,2H3. The van der Waals surface area contributed by atoms with Gasteiger partial charge in [0.25, 0.3) is 0 Å². The molecule has 1 fully saturated rings. The number of likely N-dealkylation sites (N-methyl/N-ethyl adjacent to an activating group) is 1. The van der Waals surface area contributed by atoms with Crippen LogP contribution in [0.15, 0.2) is 24.3 Å². The number of rotatable bonds is 1. The fraction of sp³-hybridized carbons (Fsp3) is 0.417. The molecule has 1 aliphatic heterocycles. The zero-order valence-corrected chi connectivity index (χ0v) is 8.98. The van der Waals surface area contributed by atoms with E-state index >= 15 is 0 Å². The number of hydrogen-bond acceptors (Lipinski definition) is 2. The molecular weight excluding hydrogens is 186 g/mol. The van der Waals surface area contributed by atoms with Crippen LogP contribution in [0.3, 0.4) is 0 Å². The summed E-state index contributed by atoms with van der Waals surface area (Å²) in [7, 11) is 2.15. The second-order valence-electron chi connectivity index (χ2n) is 3.92. The highest BCUT2D eigenvalue weighted by molar-refractivity contribution is 5.55. The van der Waals surface area contributed by atoms with E-state index in [1.54, 1.807) is 0 Å². The van der Waals surface area contributed by atoms with Crippen LogP contribution in [-0.2, 0) is 0 Å². The molecule has 0 N–H and O–H groups in total. The lowest BCUT2D eigenvalue weighted by atomic mass is 10.2. The molecule has 1 aliphatic rings. The van der Waals surface area contributed by atoms with Crippen LogP contribution in [0.5, 0.6) is 0 Å². The molecule has 1 heterocycles. The van der Waals surface area contributed by atoms with E-state index in [4.69, 9.17) is 6.57 Å². The van der Waals surface area contributed by atoms with Crippen molar-refractivity contribution in [2.24, 2.45) is 0 Å². The summed E-state index contributed by atoms with van der Waals surface area (Å²) in [6, 6.07) is 7.86. The van der Waals surface area contributed by atoms with Crippen LogP contribution in [-0.4, -0.2) is 38.1 Å². The van der Waals surface area contributed by atoms with Gasteiger partial charge in [-0.15, -0.1) is 0 Å². The van der Waals surface area contributed by atoms with Crippen molar-refractivity contribution >= 4 is 11.4 Å². The molecule has 3 nitrogen and oxygen atoms in total. The Balaban J connectivity index is 2.07. The summed E-state index contributed by atoms with van der Waals surface area (Å²) in [6.45, 7) is 11.3. The first-order valence-electron chi connectivity index (χ1n) is 5.20. The third-order valence-corrected chi connectivity index (χ3v) is 2.85. The molecule has 0 spiro atoms. The Morgan fingerprint density at radius 2 is 1.67 bits per heavy atom. The summed E-state index contributed by atoms with van der Waals surface area (Å²) < 4.78 is 0. The molecule has 0 aliphatic carbocycles. The van der Waals surface area contributed by atoms with Crippen LogP contribution in [0.4, 0.5) is 11.4 Å². The molecule has 2 rings (SSSR count). The molecule has 1 aromatic carbocycles. The minimum absolute atomic E-state index is 0.716. The molecule has 1 saturated heterocycles. The number of hydrogen-bond donors (Lipinski definition) is 0. The number of piperazine rings is 1. The fourth-order valence-corrected chi connectivity index (χ4v) is 1.80. The van der Waals surface area contributed by atoms with Crippen LogP contribution in [0.2, 0.25) is 0 Å². The molecule has 78 valence electrons. The van der Waals surface area contributed by atoms with Gasteiger partial charge in [0, 0.05) is 31.9 Å². The van der Waals surface area contributed by atoms with Gasteiger partial charge in [0.1, 0.15) is 0 Å². The van der Waals surface area contributed by atoms with Crippen LogP contribution >= 0.6 is 0 Å². The zero-order valence-electron chi connectivity index (χ0n) is 8.98. The largest absolute Gasteiger partial charge is 0.369 e. The zero-order chi connectivity index (χ0) is 10.7. The summed E-state index contributed by atoms with van der Waals surface area (Å²) in [4.78, 5) is 8.10. The Morgan fingerprint density at radius 3 is 2.20 bits per heavy atom. The third-order valence-electron chi connectivity index (χ3n) is 2.85. The van der Waals surface area contributed by atoms with E-state index in [2.05, 4.69) is 21.7 Å². The maximum Gasteiger partial charge on any atom is 0.187 e. The maximum atomic E-state index is 6.89. The summed E-state index contributed by atoms with van der Waals surface area (Å²) in [5.74, 6) is 0. The average molecular weight is 201 g/mol. The molecule has 15 heavy (non-hydrogen) atoms. The molecule has 3 heteroatoms. The molecule has 0 aromatic heterocycles. The lowest BCUT2D eigenvalue weighted by Gasteiger charge is -2.34. The van der Waals surface area contributed by atoms with Gasteiger partial charge in [-0.2, -0.15) is 0 Å². The van der Waals surface area contributed by atoms with Crippen LogP contribution in [0, 0.1) is 6.57 Å². The Bertz CT molecular complexity index is 355. The highest BCUT2D eigenvalue weighted by Gasteiger charge is 2.13.